The van der Waals surface area contributed by atoms with Crippen molar-refractivity contribution in [2.45, 2.75) is 27.7 Å². The van der Waals surface area contributed by atoms with Gasteiger partial charge in [0.25, 0.3) is 5.91 Å². The van der Waals surface area contributed by atoms with Crippen LogP contribution in [0.2, 0.25) is 0 Å². The van der Waals surface area contributed by atoms with Crippen molar-refractivity contribution in [1.29, 1.82) is 5.26 Å². The lowest BCUT2D eigenvalue weighted by Crippen LogP contribution is -2.17. The molecule has 0 aliphatic heterocycles. The van der Waals surface area contributed by atoms with Crippen molar-refractivity contribution in [1.82, 2.24) is 10.3 Å². The number of hydrogen-bond acceptors (Lipinski definition) is 3. The highest BCUT2D eigenvalue weighted by molar-refractivity contribution is 5.93. The fourth-order valence-corrected chi connectivity index (χ4v) is 0.739. The highest BCUT2D eigenvalue weighted by Gasteiger charge is 2.01. The third-order valence-electron chi connectivity index (χ3n) is 1.37. The van der Waals surface area contributed by atoms with Crippen LogP contribution in [0.3, 0.4) is 0 Å². The van der Waals surface area contributed by atoms with E-state index in [1.54, 1.807) is 13.1 Å². The average Bonchev–Trinajstić information content (AvgIpc) is 2.42. The van der Waals surface area contributed by atoms with Gasteiger partial charge in [0, 0.05) is 13.2 Å². The lowest BCUT2D eigenvalue weighted by molar-refractivity contribution is 0.0962. The zero-order valence-corrected chi connectivity index (χ0v) is 10.5. The number of aromatic nitrogens is 1. The lowest BCUT2D eigenvalue weighted by Gasteiger charge is -1.96. The second-order valence-electron chi connectivity index (χ2n) is 2.12. The Bertz CT molecular complexity index is 325. The second kappa shape index (κ2) is 11.2. The minimum atomic E-state index is -0.202. The molecule has 1 aromatic heterocycles. The normalized spacial score (nSPS) is 7.25. The first-order valence-electron chi connectivity index (χ1n) is 5.36. The molecule has 1 rings (SSSR count). The maximum absolute atomic E-state index is 11.0. The summed E-state index contributed by atoms with van der Waals surface area (Å²) in [7, 11) is 1.54. The first-order chi connectivity index (χ1) is 7.77. The van der Waals surface area contributed by atoms with Crippen LogP contribution >= 0.6 is 0 Å². The fraction of sp³-hybridized carbons (Fsp3) is 0.417. The summed E-state index contributed by atoms with van der Waals surface area (Å²) in [6.07, 6.45) is 1.37. The van der Waals surface area contributed by atoms with E-state index in [1.165, 1.54) is 12.3 Å². The van der Waals surface area contributed by atoms with E-state index in [-0.39, 0.29) is 5.91 Å². The van der Waals surface area contributed by atoms with E-state index < -0.39 is 0 Å². The van der Waals surface area contributed by atoms with Gasteiger partial charge >= 0.3 is 0 Å². The van der Waals surface area contributed by atoms with E-state index in [0.29, 0.717) is 11.3 Å². The maximum Gasteiger partial charge on any atom is 0.252 e. The monoisotopic (exact) mass is 221 g/mol. The van der Waals surface area contributed by atoms with Crippen molar-refractivity contribution in [3.8, 4) is 6.07 Å². The Morgan fingerprint density at radius 1 is 1.31 bits per heavy atom. The summed E-state index contributed by atoms with van der Waals surface area (Å²) in [5.41, 5.74) is 0.763. The van der Waals surface area contributed by atoms with Gasteiger partial charge in [-0.3, -0.25) is 4.79 Å². The number of rotatable bonds is 1. The van der Waals surface area contributed by atoms with Crippen LogP contribution in [0.15, 0.2) is 18.3 Å². The minimum Gasteiger partial charge on any atom is -0.355 e. The van der Waals surface area contributed by atoms with Crippen LogP contribution in [-0.2, 0) is 0 Å². The SMILES string of the molecule is CC.CC.CNC(=O)c1ccc(C#N)nc1. The van der Waals surface area contributed by atoms with Crippen molar-refractivity contribution in [3.05, 3.63) is 29.6 Å². The van der Waals surface area contributed by atoms with Gasteiger partial charge in [0.2, 0.25) is 0 Å². The van der Waals surface area contributed by atoms with Gasteiger partial charge in [-0.2, -0.15) is 5.26 Å². The molecule has 0 aromatic carbocycles. The number of amides is 1. The summed E-state index contributed by atoms with van der Waals surface area (Å²) in [5.74, 6) is -0.202. The zero-order valence-electron chi connectivity index (χ0n) is 10.5. The Morgan fingerprint density at radius 3 is 2.19 bits per heavy atom. The molecule has 1 N–H and O–H groups in total. The summed E-state index contributed by atoms with van der Waals surface area (Å²) in [6.45, 7) is 8.00. The minimum absolute atomic E-state index is 0.202. The molecule has 16 heavy (non-hydrogen) atoms. The molecule has 1 aromatic rings. The maximum atomic E-state index is 11.0. The Morgan fingerprint density at radius 2 is 1.88 bits per heavy atom. The van der Waals surface area contributed by atoms with Crippen molar-refractivity contribution in [2.75, 3.05) is 7.05 Å². The molecule has 0 saturated carbocycles. The predicted octanol–water partition coefficient (Wildman–Crippen LogP) is 2.37. The zero-order chi connectivity index (χ0) is 13.0. The molecule has 0 aliphatic carbocycles. The number of hydrogen-bond donors (Lipinski definition) is 1. The number of nitrogens with zero attached hydrogens (tertiary/aromatic N) is 2. The summed E-state index contributed by atoms with van der Waals surface area (Å²) >= 11 is 0. The van der Waals surface area contributed by atoms with Gasteiger partial charge in [-0.25, -0.2) is 4.98 Å². The van der Waals surface area contributed by atoms with Crippen LogP contribution in [0, 0.1) is 11.3 Å². The molecule has 0 bridgehead atoms. The first-order valence-corrected chi connectivity index (χ1v) is 5.36. The molecule has 1 heterocycles. The Kier molecular flexibility index (Phi) is 11.6. The van der Waals surface area contributed by atoms with E-state index in [4.69, 9.17) is 5.26 Å². The molecule has 0 atom stereocenters. The molecule has 0 fully saturated rings. The summed E-state index contributed by atoms with van der Waals surface area (Å²) in [5, 5.41) is 10.9. The third kappa shape index (κ3) is 5.76. The lowest BCUT2D eigenvalue weighted by atomic mass is 10.2. The number of nitriles is 1. The summed E-state index contributed by atoms with van der Waals surface area (Å²) in [4.78, 5) is 14.7. The van der Waals surface area contributed by atoms with Crippen LogP contribution in [0.1, 0.15) is 43.7 Å². The van der Waals surface area contributed by atoms with Crippen molar-refractivity contribution in [3.63, 3.8) is 0 Å². The summed E-state index contributed by atoms with van der Waals surface area (Å²) in [6, 6.07) is 4.93. The van der Waals surface area contributed by atoms with Crippen LogP contribution < -0.4 is 5.32 Å². The number of carbonyl (C=O) groups excluding carboxylic acids is 1. The van der Waals surface area contributed by atoms with Crippen LogP contribution in [0.4, 0.5) is 0 Å². The van der Waals surface area contributed by atoms with E-state index >= 15 is 0 Å². The Labute approximate surface area is 97.3 Å². The number of nitrogens with one attached hydrogen (secondary N) is 1. The van der Waals surface area contributed by atoms with Crippen molar-refractivity contribution >= 4 is 5.91 Å². The largest absolute Gasteiger partial charge is 0.355 e. The standard InChI is InChI=1S/C8H7N3O.2C2H6/c1-10-8(12)6-2-3-7(4-9)11-5-6;2*1-2/h2-3,5H,1H3,(H,10,12);2*1-2H3. The molecule has 4 nitrogen and oxygen atoms in total. The van der Waals surface area contributed by atoms with Crippen molar-refractivity contribution in [2.24, 2.45) is 0 Å². The summed E-state index contributed by atoms with van der Waals surface area (Å²) < 4.78 is 0. The molecule has 88 valence electrons. The first kappa shape index (κ1) is 16.5. The van der Waals surface area contributed by atoms with E-state index in [0.717, 1.165) is 0 Å². The highest BCUT2D eigenvalue weighted by atomic mass is 16.1. The predicted molar refractivity (Wildman–Crippen MR) is 65.0 cm³/mol. The van der Waals surface area contributed by atoms with Gasteiger partial charge in [0.1, 0.15) is 11.8 Å². The van der Waals surface area contributed by atoms with Crippen LogP contribution in [0.5, 0.6) is 0 Å². The fourth-order valence-electron chi connectivity index (χ4n) is 0.739. The molecular weight excluding hydrogens is 202 g/mol. The van der Waals surface area contributed by atoms with Gasteiger partial charge in [0.15, 0.2) is 0 Å². The average molecular weight is 221 g/mol. The smallest absolute Gasteiger partial charge is 0.252 e. The molecule has 0 unspecified atom stereocenters. The topological polar surface area (TPSA) is 65.8 Å². The molecule has 0 saturated heterocycles. The van der Waals surface area contributed by atoms with E-state index in [2.05, 4.69) is 10.3 Å². The quantitative estimate of drug-likeness (QED) is 0.791. The molecule has 4 heteroatoms. The van der Waals surface area contributed by atoms with E-state index in [9.17, 15) is 4.79 Å². The van der Waals surface area contributed by atoms with Crippen molar-refractivity contribution < 1.29 is 4.79 Å². The molecule has 0 spiro atoms. The van der Waals surface area contributed by atoms with E-state index in [1.807, 2.05) is 33.8 Å². The molecular formula is C12H19N3O. The van der Waals surface area contributed by atoms with Gasteiger partial charge in [-0.15, -0.1) is 0 Å². The third-order valence-corrected chi connectivity index (χ3v) is 1.37. The van der Waals surface area contributed by atoms with Gasteiger partial charge in [0.05, 0.1) is 5.56 Å². The van der Waals surface area contributed by atoms with Crippen LogP contribution in [0.25, 0.3) is 0 Å². The Balaban J connectivity index is 0. The van der Waals surface area contributed by atoms with Gasteiger partial charge < -0.3 is 5.32 Å². The Hall–Kier alpha value is -1.89. The molecule has 0 radical (unpaired) electrons. The van der Waals surface area contributed by atoms with Crippen LogP contribution in [-0.4, -0.2) is 17.9 Å². The number of pyridine rings is 1. The highest BCUT2D eigenvalue weighted by Crippen LogP contribution is 1.98. The second-order valence-corrected chi connectivity index (χ2v) is 2.12. The van der Waals surface area contributed by atoms with Gasteiger partial charge in [-0.1, -0.05) is 27.7 Å². The molecule has 1 amide bonds. The molecule has 0 aliphatic rings. The number of carbonyl (C=O) groups is 1. The van der Waals surface area contributed by atoms with Gasteiger partial charge in [-0.05, 0) is 12.1 Å².